The molecule has 2 heterocycles. The van der Waals surface area contributed by atoms with Gasteiger partial charge in [-0.15, -0.1) is 0 Å². The number of aromatic nitrogens is 1. The summed E-state index contributed by atoms with van der Waals surface area (Å²) in [4.78, 5) is 20.2. The van der Waals surface area contributed by atoms with Gasteiger partial charge in [0, 0.05) is 43.1 Å². The number of rotatable bonds is 2. The predicted molar refractivity (Wildman–Crippen MR) is 89.4 cm³/mol. The Balaban J connectivity index is 1.42. The van der Waals surface area contributed by atoms with E-state index in [4.69, 9.17) is 0 Å². The first-order valence-corrected chi connectivity index (χ1v) is 8.51. The fourth-order valence-electron chi connectivity index (χ4n) is 3.96. The Morgan fingerprint density at radius 3 is 2.61 bits per heavy atom. The number of hydrogen-bond acceptors (Lipinski definition) is 3. The van der Waals surface area contributed by atoms with Gasteiger partial charge in [0.2, 0.25) is 0 Å². The van der Waals surface area contributed by atoms with Crippen LogP contribution in [-0.4, -0.2) is 64.1 Å². The smallest absolute Gasteiger partial charge is 0.270 e. The molecule has 1 amide bonds. The molecule has 0 bridgehead atoms. The predicted octanol–water partition coefficient (Wildman–Crippen LogP) is 1.84. The molecule has 2 N–H and O–H groups in total. The molecule has 1 aromatic carbocycles. The average molecular weight is 313 g/mol. The topological polar surface area (TPSA) is 59.6 Å². The van der Waals surface area contributed by atoms with Gasteiger partial charge < -0.3 is 15.0 Å². The number of aliphatic hydroxyl groups is 1. The second-order valence-electron chi connectivity index (χ2n) is 6.66. The zero-order chi connectivity index (χ0) is 15.8. The lowest BCUT2D eigenvalue weighted by Crippen LogP contribution is -2.53. The number of carbonyl (C=O) groups is 1. The molecule has 122 valence electrons. The first kappa shape index (κ1) is 14.7. The maximum Gasteiger partial charge on any atom is 0.270 e. The summed E-state index contributed by atoms with van der Waals surface area (Å²) in [5, 5.41) is 11.1. The number of fused-ring (bicyclic) bond motifs is 1. The van der Waals surface area contributed by atoms with Crippen molar-refractivity contribution in [1.29, 1.82) is 0 Å². The highest BCUT2D eigenvalue weighted by Crippen LogP contribution is 2.25. The van der Waals surface area contributed by atoms with Gasteiger partial charge in [-0.25, -0.2) is 0 Å². The fourth-order valence-corrected chi connectivity index (χ4v) is 3.96. The minimum absolute atomic E-state index is 0.0767. The molecule has 1 saturated heterocycles. The second-order valence-corrected chi connectivity index (χ2v) is 6.66. The number of amides is 1. The molecule has 23 heavy (non-hydrogen) atoms. The third-order valence-electron chi connectivity index (χ3n) is 5.27. The molecule has 5 heteroatoms. The lowest BCUT2D eigenvalue weighted by Gasteiger charge is -2.38. The van der Waals surface area contributed by atoms with Crippen LogP contribution in [0.3, 0.4) is 0 Å². The van der Waals surface area contributed by atoms with E-state index in [1.807, 2.05) is 35.2 Å². The average Bonchev–Trinajstić information content (AvgIpc) is 3.20. The number of hydrogen-bond donors (Lipinski definition) is 2. The standard InChI is InChI=1S/C18H23N3O2/c22-17-7-3-6-16(17)20-8-10-21(11-9-20)18(23)15-12-13-4-1-2-5-14(13)19-15/h1-2,4-5,12,16-17,19,22H,3,6-11H2/t16-,17-/m1/s1. The molecular weight excluding hydrogens is 290 g/mol. The monoisotopic (exact) mass is 313 g/mol. The summed E-state index contributed by atoms with van der Waals surface area (Å²) in [6.07, 6.45) is 2.92. The zero-order valence-electron chi connectivity index (χ0n) is 13.2. The molecule has 2 atom stereocenters. The maximum absolute atomic E-state index is 12.7. The number of aliphatic hydroxyl groups excluding tert-OH is 1. The van der Waals surface area contributed by atoms with Crippen molar-refractivity contribution in [2.45, 2.75) is 31.4 Å². The van der Waals surface area contributed by atoms with Gasteiger partial charge in [-0.1, -0.05) is 18.2 Å². The molecule has 2 aliphatic rings. The molecule has 0 radical (unpaired) electrons. The van der Waals surface area contributed by atoms with Gasteiger partial charge in [-0.3, -0.25) is 9.69 Å². The number of aromatic amines is 1. The SMILES string of the molecule is O=C(c1cc2ccccc2[nH]1)N1CCN([C@@H]2CCC[C@H]2O)CC1. The van der Waals surface area contributed by atoms with Gasteiger partial charge in [0.1, 0.15) is 5.69 Å². The zero-order valence-corrected chi connectivity index (χ0v) is 13.2. The van der Waals surface area contributed by atoms with Crippen molar-refractivity contribution in [3.8, 4) is 0 Å². The molecule has 1 saturated carbocycles. The Kier molecular flexibility index (Phi) is 3.83. The molecule has 1 aliphatic heterocycles. The van der Waals surface area contributed by atoms with Crippen LogP contribution in [0.5, 0.6) is 0 Å². The summed E-state index contributed by atoms with van der Waals surface area (Å²) in [5.41, 5.74) is 1.67. The van der Waals surface area contributed by atoms with Crippen LogP contribution in [0.1, 0.15) is 29.8 Å². The number of para-hydroxylation sites is 1. The van der Waals surface area contributed by atoms with E-state index in [0.717, 1.165) is 56.3 Å². The highest BCUT2D eigenvalue weighted by Gasteiger charge is 2.33. The first-order valence-electron chi connectivity index (χ1n) is 8.51. The maximum atomic E-state index is 12.7. The highest BCUT2D eigenvalue weighted by atomic mass is 16.3. The summed E-state index contributed by atoms with van der Waals surface area (Å²) in [6.45, 7) is 3.18. The number of benzene rings is 1. The van der Waals surface area contributed by atoms with E-state index < -0.39 is 0 Å². The molecule has 4 rings (SSSR count). The molecule has 0 spiro atoms. The summed E-state index contributed by atoms with van der Waals surface area (Å²) >= 11 is 0. The minimum atomic E-state index is -0.189. The molecule has 5 nitrogen and oxygen atoms in total. The Bertz CT molecular complexity index is 670. The van der Waals surface area contributed by atoms with Crippen LogP contribution in [0.2, 0.25) is 0 Å². The fraction of sp³-hybridized carbons (Fsp3) is 0.500. The van der Waals surface area contributed by atoms with Crippen LogP contribution < -0.4 is 0 Å². The quantitative estimate of drug-likeness (QED) is 0.889. The Hall–Kier alpha value is -1.85. The van der Waals surface area contributed by atoms with E-state index in [1.54, 1.807) is 0 Å². The van der Waals surface area contributed by atoms with Crippen LogP contribution in [0.15, 0.2) is 30.3 Å². The van der Waals surface area contributed by atoms with E-state index in [1.165, 1.54) is 0 Å². The van der Waals surface area contributed by atoms with Gasteiger partial charge in [0.15, 0.2) is 0 Å². The van der Waals surface area contributed by atoms with Crippen molar-refractivity contribution >= 4 is 16.8 Å². The summed E-state index contributed by atoms with van der Waals surface area (Å²) < 4.78 is 0. The van der Waals surface area contributed by atoms with E-state index in [-0.39, 0.29) is 12.0 Å². The molecule has 1 aliphatic carbocycles. The van der Waals surface area contributed by atoms with Crippen molar-refractivity contribution in [1.82, 2.24) is 14.8 Å². The first-order chi connectivity index (χ1) is 11.2. The van der Waals surface area contributed by atoms with Gasteiger partial charge >= 0.3 is 0 Å². The van der Waals surface area contributed by atoms with Crippen LogP contribution in [0.4, 0.5) is 0 Å². The van der Waals surface area contributed by atoms with Crippen molar-refractivity contribution < 1.29 is 9.90 Å². The molecule has 0 unspecified atom stereocenters. The Labute approximate surface area is 135 Å². The normalized spacial score (nSPS) is 26.0. The third kappa shape index (κ3) is 2.75. The number of nitrogens with zero attached hydrogens (tertiary/aromatic N) is 2. The van der Waals surface area contributed by atoms with E-state index >= 15 is 0 Å². The highest BCUT2D eigenvalue weighted by molar-refractivity contribution is 5.98. The molecular formula is C18H23N3O2. The van der Waals surface area contributed by atoms with Crippen molar-refractivity contribution in [3.05, 3.63) is 36.0 Å². The lowest BCUT2D eigenvalue weighted by atomic mass is 10.1. The van der Waals surface area contributed by atoms with Gasteiger partial charge in [0.25, 0.3) is 5.91 Å². The van der Waals surface area contributed by atoms with Crippen LogP contribution in [-0.2, 0) is 0 Å². The summed E-state index contributed by atoms with van der Waals surface area (Å²) in [5.74, 6) is 0.0767. The molecule has 2 aromatic rings. The number of H-pyrrole nitrogens is 1. The Morgan fingerprint density at radius 2 is 1.91 bits per heavy atom. The van der Waals surface area contributed by atoms with Crippen molar-refractivity contribution in [3.63, 3.8) is 0 Å². The van der Waals surface area contributed by atoms with E-state index in [9.17, 15) is 9.90 Å². The van der Waals surface area contributed by atoms with Crippen LogP contribution in [0, 0.1) is 0 Å². The van der Waals surface area contributed by atoms with Crippen LogP contribution in [0.25, 0.3) is 10.9 Å². The van der Waals surface area contributed by atoms with E-state index in [0.29, 0.717) is 11.7 Å². The number of nitrogens with one attached hydrogen (secondary N) is 1. The summed E-state index contributed by atoms with van der Waals surface area (Å²) in [6, 6.07) is 10.2. The van der Waals surface area contributed by atoms with Gasteiger partial charge in [-0.05, 0) is 31.4 Å². The summed E-state index contributed by atoms with van der Waals surface area (Å²) in [7, 11) is 0. The van der Waals surface area contributed by atoms with E-state index in [2.05, 4.69) is 9.88 Å². The van der Waals surface area contributed by atoms with Crippen molar-refractivity contribution in [2.24, 2.45) is 0 Å². The lowest BCUT2D eigenvalue weighted by molar-refractivity contribution is 0.0313. The van der Waals surface area contributed by atoms with Gasteiger partial charge in [0.05, 0.1) is 6.10 Å². The van der Waals surface area contributed by atoms with Crippen molar-refractivity contribution in [2.75, 3.05) is 26.2 Å². The van der Waals surface area contributed by atoms with Crippen LogP contribution >= 0.6 is 0 Å². The number of piperazine rings is 1. The minimum Gasteiger partial charge on any atom is -0.391 e. The molecule has 2 fully saturated rings. The largest absolute Gasteiger partial charge is 0.391 e. The Morgan fingerprint density at radius 1 is 1.13 bits per heavy atom. The van der Waals surface area contributed by atoms with Gasteiger partial charge in [-0.2, -0.15) is 0 Å². The second kappa shape index (κ2) is 5.98. The third-order valence-corrected chi connectivity index (χ3v) is 5.27. The molecule has 1 aromatic heterocycles. The number of carbonyl (C=O) groups excluding carboxylic acids is 1.